The number of likely N-dealkylation sites (N-methyl/N-ethyl adjacent to an activating group) is 1. The summed E-state index contributed by atoms with van der Waals surface area (Å²) in [5.74, 6) is 1.45. The lowest BCUT2D eigenvalue weighted by Crippen LogP contribution is -2.45. The van der Waals surface area contributed by atoms with Crippen molar-refractivity contribution in [1.82, 2.24) is 19.6 Å². The topological polar surface area (TPSA) is 79.6 Å². The fourth-order valence-electron chi connectivity index (χ4n) is 4.18. The Balaban J connectivity index is 1.63. The standard InChI is InChI=1S/C22H32ClN7/c1-27-11-13-28(14-12-27)15-16-30-21(25)18(22(26-30)29-9-5-6-10-29)19(23)20(24)17-7-3-2-4-8-17/h2-4,7-8H,5-6,9-16,24-25H2,1H3/b20-19+. The molecule has 0 aliphatic carbocycles. The van der Waals surface area contributed by atoms with Gasteiger partial charge in [0.15, 0.2) is 5.82 Å². The van der Waals surface area contributed by atoms with E-state index in [1.54, 1.807) is 0 Å². The van der Waals surface area contributed by atoms with Crippen LogP contribution in [-0.2, 0) is 6.54 Å². The molecule has 30 heavy (non-hydrogen) atoms. The minimum atomic E-state index is 0.478. The quantitative estimate of drug-likeness (QED) is 0.733. The van der Waals surface area contributed by atoms with Gasteiger partial charge in [0, 0.05) is 45.8 Å². The van der Waals surface area contributed by atoms with Gasteiger partial charge in [0.2, 0.25) is 0 Å². The zero-order valence-electron chi connectivity index (χ0n) is 17.7. The Labute approximate surface area is 183 Å². The van der Waals surface area contributed by atoms with Crippen LogP contribution in [0, 0.1) is 0 Å². The fraction of sp³-hybridized carbons (Fsp3) is 0.500. The van der Waals surface area contributed by atoms with Crippen molar-refractivity contribution in [1.29, 1.82) is 0 Å². The first-order valence-electron chi connectivity index (χ1n) is 10.8. The van der Waals surface area contributed by atoms with E-state index in [1.165, 1.54) is 0 Å². The molecule has 2 aromatic rings. The number of nitrogen functional groups attached to an aromatic ring is 1. The van der Waals surface area contributed by atoms with Gasteiger partial charge in [-0.25, -0.2) is 4.68 Å². The third-order valence-electron chi connectivity index (χ3n) is 6.14. The van der Waals surface area contributed by atoms with E-state index in [0.29, 0.717) is 16.5 Å². The van der Waals surface area contributed by atoms with Crippen molar-refractivity contribution in [2.75, 3.05) is 63.5 Å². The van der Waals surface area contributed by atoms with Crippen molar-refractivity contribution < 1.29 is 0 Å². The van der Waals surface area contributed by atoms with Crippen LogP contribution in [0.1, 0.15) is 24.0 Å². The van der Waals surface area contributed by atoms with E-state index in [4.69, 9.17) is 28.2 Å². The first kappa shape index (κ1) is 21.0. The molecule has 7 nitrogen and oxygen atoms in total. The lowest BCUT2D eigenvalue weighted by molar-refractivity contribution is 0.149. The molecule has 2 fully saturated rings. The molecule has 0 unspecified atom stereocenters. The molecule has 1 aromatic carbocycles. The summed E-state index contributed by atoms with van der Waals surface area (Å²) in [5, 5.41) is 5.37. The summed E-state index contributed by atoms with van der Waals surface area (Å²) in [4.78, 5) is 7.10. The maximum atomic E-state index is 6.84. The molecule has 2 saturated heterocycles. The van der Waals surface area contributed by atoms with Crippen molar-refractivity contribution >= 4 is 34.0 Å². The maximum absolute atomic E-state index is 6.84. The second-order valence-electron chi connectivity index (χ2n) is 8.24. The average Bonchev–Trinajstić information content (AvgIpc) is 3.41. The number of halogens is 1. The largest absolute Gasteiger partial charge is 0.397 e. The van der Waals surface area contributed by atoms with E-state index in [0.717, 1.165) is 82.1 Å². The summed E-state index contributed by atoms with van der Waals surface area (Å²) in [7, 11) is 2.17. The van der Waals surface area contributed by atoms with E-state index >= 15 is 0 Å². The van der Waals surface area contributed by atoms with Crippen LogP contribution in [-0.4, -0.2) is 72.4 Å². The van der Waals surface area contributed by atoms with Crippen molar-refractivity contribution in [2.45, 2.75) is 19.4 Å². The van der Waals surface area contributed by atoms with Crippen molar-refractivity contribution in [3.05, 3.63) is 41.5 Å². The van der Waals surface area contributed by atoms with Gasteiger partial charge in [-0.3, -0.25) is 4.90 Å². The summed E-state index contributed by atoms with van der Waals surface area (Å²) < 4.78 is 1.90. The summed E-state index contributed by atoms with van der Waals surface area (Å²) in [5.41, 5.74) is 15.2. The zero-order valence-corrected chi connectivity index (χ0v) is 18.5. The number of hydrogen-bond acceptors (Lipinski definition) is 6. The van der Waals surface area contributed by atoms with Gasteiger partial charge >= 0.3 is 0 Å². The van der Waals surface area contributed by atoms with Gasteiger partial charge in [0.25, 0.3) is 0 Å². The van der Waals surface area contributed by atoms with Gasteiger partial charge < -0.3 is 21.3 Å². The molecule has 2 aliphatic rings. The Bertz CT molecular complexity index is 878. The molecule has 0 saturated carbocycles. The third kappa shape index (κ3) is 4.43. The lowest BCUT2D eigenvalue weighted by atomic mass is 10.1. The molecule has 3 heterocycles. The number of hydrogen-bond donors (Lipinski definition) is 2. The highest BCUT2D eigenvalue weighted by Crippen LogP contribution is 2.38. The Morgan fingerprint density at radius 2 is 1.67 bits per heavy atom. The average molecular weight is 430 g/mol. The highest BCUT2D eigenvalue weighted by Gasteiger charge is 2.26. The molecule has 4 rings (SSSR count). The molecular weight excluding hydrogens is 398 g/mol. The van der Waals surface area contributed by atoms with E-state index < -0.39 is 0 Å². The molecule has 0 amide bonds. The Hall–Kier alpha value is -2.22. The Morgan fingerprint density at radius 1 is 1.00 bits per heavy atom. The van der Waals surface area contributed by atoms with Crippen LogP contribution in [0.15, 0.2) is 30.3 Å². The number of nitrogens with zero attached hydrogens (tertiary/aromatic N) is 5. The molecule has 162 valence electrons. The summed E-state index contributed by atoms with van der Waals surface area (Å²) in [6.07, 6.45) is 2.31. The number of anilines is 2. The predicted molar refractivity (Wildman–Crippen MR) is 125 cm³/mol. The van der Waals surface area contributed by atoms with Crippen molar-refractivity contribution in [3.8, 4) is 0 Å². The molecular formula is C22H32ClN7. The van der Waals surface area contributed by atoms with E-state index in [-0.39, 0.29) is 0 Å². The number of aromatic nitrogens is 2. The highest BCUT2D eigenvalue weighted by molar-refractivity contribution is 6.53. The summed E-state index contributed by atoms with van der Waals surface area (Å²) in [6, 6.07) is 9.79. The van der Waals surface area contributed by atoms with Gasteiger partial charge in [-0.15, -0.1) is 0 Å². The predicted octanol–water partition coefficient (Wildman–Crippen LogP) is 2.34. The first-order chi connectivity index (χ1) is 14.5. The van der Waals surface area contributed by atoms with Gasteiger partial charge in [-0.05, 0) is 25.5 Å². The number of benzene rings is 1. The minimum absolute atomic E-state index is 0.478. The molecule has 0 bridgehead atoms. The second kappa shape index (κ2) is 9.29. The number of nitrogens with two attached hydrogens (primary N) is 2. The summed E-state index contributed by atoms with van der Waals surface area (Å²) >= 11 is 6.84. The number of rotatable bonds is 6. The normalized spacial score (nSPS) is 19.3. The monoisotopic (exact) mass is 429 g/mol. The summed E-state index contributed by atoms with van der Waals surface area (Å²) in [6.45, 7) is 7.95. The number of piperazine rings is 1. The molecule has 0 atom stereocenters. The molecule has 0 radical (unpaired) electrons. The minimum Gasteiger partial charge on any atom is -0.397 e. The van der Waals surface area contributed by atoms with Crippen LogP contribution in [0.2, 0.25) is 0 Å². The van der Waals surface area contributed by atoms with Crippen LogP contribution < -0.4 is 16.4 Å². The molecule has 8 heteroatoms. The van der Waals surface area contributed by atoms with Crippen LogP contribution in [0.4, 0.5) is 11.6 Å². The maximum Gasteiger partial charge on any atom is 0.161 e. The van der Waals surface area contributed by atoms with Crippen molar-refractivity contribution in [2.24, 2.45) is 5.73 Å². The first-order valence-corrected chi connectivity index (χ1v) is 11.2. The van der Waals surface area contributed by atoms with E-state index in [9.17, 15) is 0 Å². The van der Waals surface area contributed by atoms with E-state index in [1.807, 2.05) is 35.0 Å². The van der Waals surface area contributed by atoms with Crippen molar-refractivity contribution in [3.63, 3.8) is 0 Å². The zero-order chi connectivity index (χ0) is 21.1. The van der Waals surface area contributed by atoms with Crippen LogP contribution >= 0.6 is 11.6 Å². The lowest BCUT2D eigenvalue weighted by Gasteiger charge is -2.32. The van der Waals surface area contributed by atoms with Crippen LogP contribution in [0.25, 0.3) is 10.7 Å². The highest BCUT2D eigenvalue weighted by atomic mass is 35.5. The van der Waals surface area contributed by atoms with E-state index in [2.05, 4.69) is 21.7 Å². The van der Waals surface area contributed by atoms with Crippen LogP contribution in [0.5, 0.6) is 0 Å². The fourth-order valence-corrected chi connectivity index (χ4v) is 4.47. The Kier molecular flexibility index (Phi) is 6.51. The SMILES string of the molecule is CN1CCN(CCn2nc(N3CCCC3)c(/C(Cl)=C(\N)c3ccccc3)c2N)CC1. The molecule has 2 aliphatic heterocycles. The third-order valence-corrected chi connectivity index (χ3v) is 6.54. The Morgan fingerprint density at radius 3 is 2.33 bits per heavy atom. The van der Waals surface area contributed by atoms with Crippen LogP contribution in [0.3, 0.4) is 0 Å². The molecule has 4 N–H and O–H groups in total. The molecule has 1 aromatic heterocycles. The molecule has 0 spiro atoms. The second-order valence-corrected chi connectivity index (χ2v) is 8.62. The van der Waals surface area contributed by atoms with Gasteiger partial charge in [-0.1, -0.05) is 41.9 Å². The van der Waals surface area contributed by atoms with Gasteiger partial charge in [-0.2, -0.15) is 5.10 Å². The smallest absolute Gasteiger partial charge is 0.161 e. The van der Waals surface area contributed by atoms with Gasteiger partial charge in [0.05, 0.1) is 22.8 Å². The van der Waals surface area contributed by atoms with Gasteiger partial charge in [0.1, 0.15) is 5.82 Å².